The average molecular weight is 603 g/mol. The highest BCUT2D eigenvalue weighted by molar-refractivity contribution is 6.32. The number of nitrogens with zero attached hydrogens (tertiary/aromatic N) is 2. The minimum Gasteiger partial charge on any atom is -0.503 e. The van der Waals surface area contributed by atoms with Gasteiger partial charge < -0.3 is 9.84 Å². The molecule has 224 valence electrons. The Hall–Kier alpha value is -3.65. The summed E-state index contributed by atoms with van der Waals surface area (Å²) < 4.78 is 5.44. The number of hydrogen-bond acceptors (Lipinski definition) is 6. The van der Waals surface area contributed by atoms with Crippen molar-refractivity contribution in [2.75, 3.05) is 12.0 Å². The van der Waals surface area contributed by atoms with E-state index < -0.39 is 35.0 Å². The zero-order valence-electron chi connectivity index (χ0n) is 24.3. The highest BCUT2D eigenvalue weighted by Crippen LogP contribution is 2.64. The zero-order chi connectivity index (χ0) is 30.2. The van der Waals surface area contributed by atoms with Crippen LogP contribution in [-0.2, 0) is 19.2 Å². The number of hydrogen-bond donors (Lipinski definition) is 1. The number of imide groups is 2. The van der Waals surface area contributed by atoms with E-state index in [0.29, 0.717) is 24.1 Å². The molecular weight excluding hydrogens is 568 g/mol. The first kappa shape index (κ1) is 28.1. The van der Waals surface area contributed by atoms with Gasteiger partial charge in [-0.1, -0.05) is 60.7 Å². The Morgan fingerprint density at radius 2 is 1.67 bits per heavy atom. The van der Waals surface area contributed by atoms with E-state index >= 15 is 0 Å². The van der Waals surface area contributed by atoms with Crippen molar-refractivity contribution < 1.29 is 29.0 Å². The van der Waals surface area contributed by atoms with Crippen molar-refractivity contribution in [2.24, 2.45) is 29.1 Å². The van der Waals surface area contributed by atoms with E-state index in [1.54, 1.807) is 41.3 Å². The molecule has 2 aromatic carbocycles. The van der Waals surface area contributed by atoms with Gasteiger partial charge in [0.1, 0.15) is 0 Å². The second-order valence-electron chi connectivity index (χ2n) is 12.9. The Bertz CT molecular complexity index is 1570. The van der Waals surface area contributed by atoms with Crippen LogP contribution in [0.15, 0.2) is 54.1 Å². The van der Waals surface area contributed by atoms with Crippen LogP contribution in [0.5, 0.6) is 11.5 Å². The second-order valence-corrected chi connectivity index (χ2v) is 13.3. The molecule has 9 heteroatoms. The van der Waals surface area contributed by atoms with Crippen molar-refractivity contribution >= 4 is 40.9 Å². The van der Waals surface area contributed by atoms with Gasteiger partial charge in [0.05, 0.1) is 41.0 Å². The largest absolute Gasteiger partial charge is 0.503 e. The molecule has 4 amide bonds. The fraction of sp³-hybridized carbons (Fsp3) is 0.471. The highest BCUT2D eigenvalue weighted by Gasteiger charge is 2.67. The van der Waals surface area contributed by atoms with E-state index in [0.717, 1.165) is 37.7 Å². The van der Waals surface area contributed by atoms with Crippen molar-refractivity contribution in [3.63, 3.8) is 0 Å². The van der Waals surface area contributed by atoms with Gasteiger partial charge in [-0.05, 0) is 68.4 Å². The lowest BCUT2D eigenvalue weighted by molar-refractivity contribution is -0.144. The lowest BCUT2D eigenvalue weighted by atomic mass is 9.51. The summed E-state index contributed by atoms with van der Waals surface area (Å²) in [5.41, 5.74) is 0.811. The lowest BCUT2D eigenvalue weighted by Gasteiger charge is -2.49. The molecule has 3 aliphatic carbocycles. The highest BCUT2D eigenvalue weighted by atomic mass is 35.5. The van der Waals surface area contributed by atoms with Crippen LogP contribution in [0.4, 0.5) is 5.69 Å². The Balaban J connectivity index is 1.37. The molecule has 0 bridgehead atoms. The van der Waals surface area contributed by atoms with Crippen LogP contribution in [0.25, 0.3) is 0 Å². The predicted octanol–water partition coefficient (Wildman–Crippen LogP) is 5.62. The van der Waals surface area contributed by atoms with Gasteiger partial charge in [0, 0.05) is 12.0 Å². The summed E-state index contributed by atoms with van der Waals surface area (Å²) in [7, 11) is 1.43. The number of allylic oxidation sites excluding steroid dienone is 2. The number of phenolic OH excluding ortho intramolecular Hbond substituents is 1. The van der Waals surface area contributed by atoms with Crippen LogP contribution in [0.2, 0.25) is 5.02 Å². The molecule has 8 nitrogen and oxygen atoms in total. The first-order valence-electron chi connectivity index (χ1n) is 15.2. The maximum atomic E-state index is 14.5. The molecule has 2 aromatic rings. The van der Waals surface area contributed by atoms with Gasteiger partial charge in [0.15, 0.2) is 11.5 Å². The smallest absolute Gasteiger partial charge is 0.241 e. The Kier molecular flexibility index (Phi) is 6.69. The number of halogens is 1. The third-order valence-electron chi connectivity index (χ3n) is 10.9. The van der Waals surface area contributed by atoms with E-state index in [2.05, 4.69) is 0 Å². The fourth-order valence-corrected chi connectivity index (χ4v) is 9.08. The molecular formula is C34H35ClN2O6. The summed E-state index contributed by atoms with van der Waals surface area (Å²) in [5, 5.41) is 10.6. The molecule has 2 aliphatic heterocycles. The first-order chi connectivity index (χ1) is 20.7. The van der Waals surface area contributed by atoms with E-state index in [1.165, 1.54) is 12.0 Å². The van der Waals surface area contributed by atoms with E-state index in [1.807, 2.05) is 19.1 Å². The van der Waals surface area contributed by atoms with Crippen molar-refractivity contribution in [1.82, 2.24) is 4.90 Å². The molecule has 2 saturated carbocycles. The van der Waals surface area contributed by atoms with Crippen molar-refractivity contribution in [3.8, 4) is 11.5 Å². The number of amides is 4. The summed E-state index contributed by atoms with van der Waals surface area (Å²) in [4.78, 5) is 59.5. The number of ether oxygens (including phenoxy) is 1. The maximum Gasteiger partial charge on any atom is 0.241 e. The maximum absolute atomic E-state index is 14.5. The summed E-state index contributed by atoms with van der Waals surface area (Å²) in [5.74, 6) is -3.70. The SMILES string of the molecule is COc1cc([C@H]2C3=CC[C@@H]4C(=O)N(C5CCCCC5)C(=O)[C@@H]4[C@@H]3C[C@H]3C(=O)N(c4ccccc4)C(=O)[C@@]23C)cc(Cl)c1O. The monoisotopic (exact) mass is 602 g/mol. The molecule has 4 fully saturated rings. The third kappa shape index (κ3) is 3.94. The number of carbonyl (C=O) groups is 4. The summed E-state index contributed by atoms with van der Waals surface area (Å²) >= 11 is 6.49. The first-order valence-corrected chi connectivity index (χ1v) is 15.6. The van der Waals surface area contributed by atoms with Gasteiger partial charge in [-0.25, -0.2) is 4.90 Å². The standard InChI is InChI=1S/C34H35ClN2O6/c1-34-24(31(40)37(33(34)42)20-11-7-4-8-12-20)17-23-21(28(34)18-15-25(35)29(38)26(16-18)43-2)13-14-22-27(23)32(41)36(30(22)39)19-9-5-3-6-10-19/h4,7-8,11-13,15-16,19,22-24,27-28,38H,3,5-6,9-10,14,17H2,1-2H3/t22-,23+,24-,27-,28-,34+/m0/s1. The number of likely N-dealkylation sites (tertiary alicyclic amines) is 1. The lowest BCUT2D eigenvalue weighted by Crippen LogP contribution is -2.49. The number of para-hydroxylation sites is 1. The van der Waals surface area contributed by atoms with Crippen LogP contribution in [-0.4, -0.2) is 46.8 Å². The quantitative estimate of drug-likeness (QED) is 0.360. The number of fused-ring (bicyclic) bond motifs is 4. The van der Waals surface area contributed by atoms with Crippen LogP contribution in [0.3, 0.4) is 0 Å². The van der Waals surface area contributed by atoms with Crippen molar-refractivity contribution in [2.45, 2.75) is 63.8 Å². The summed E-state index contributed by atoms with van der Waals surface area (Å²) in [6.45, 7) is 1.83. The van der Waals surface area contributed by atoms with Crippen LogP contribution >= 0.6 is 11.6 Å². The number of anilines is 1. The molecule has 0 spiro atoms. The molecule has 2 heterocycles. The molecule has 7 rings (SSSR count). The third-order valence-corrected chi connectivity index (χ3v) is 11.2. The van der Waals surface area contributed by atoms with Crippen LogP contribution < -0.4 is 9.64 Å². The summed E-state index contributed by atoms with van der Waals surface area (Å²) in [6.07, 6.45) is 7.51. The van der Waals surface area contributed by atoms with E-state index in [4.69, 9.17) is 16.3 Å². The minimum atomic E-state index is -1.19. The number of rotatable bonds is 4. The second kappa shape index (κ2) is 10.2. The topological polar surface area (TPSA) is 104 Å². The molecule has 43 heavy (non-hydrogen) atoms. The number of benzene rings is 2. The Morgan fingerprint density at radius 3 is 2.37 bits per heavy atom. The fourth-order valence-electron chi connectivity index (χ4n) is 8.86. The molecule has 0 unspecified atom stereocenters. The molecule has 0 aromatic heterocycles. The minimum absolute atomic E-state index is 0.0678. The Labute approximate surface area is 255 Å². The average Bonchev–Trinajstić information content (AvgIpc) is 3.38. The molecule has 0 radical (unpaired) electrons. The number of aromatic hydroxyl groups is 1. The molecule has 1 N–H and O–H groups in total. The van der Waals surface area contributed by atoms with Gasteiger partial charge in [0.25, 0.3) is 0 Å². The Morgan fingerprint density at radius 1 is 0.953 bits per heavy atom. The predicted molar refractivity (Wildman–Crippen MR) is 159 cm³/mol. The van der Waals surface area contributed by atoms with E-state index in [-0.39, 0.29) is 46.2 Å². The summed E-state index contributed by atoms with van der Waals surface area (Å²) in [6, 6.07) is 12.1. The van der Waals surface area contributed by atoms with Gasteiger partial charge in [0.2, 0.25) is 23.6 Å². The van der Waals surface area contributed by atoms with Gasteiger partial charge in [-0.2, -0.15) is 0 Å². The number of carbonyl (C=O) groups excluding carboxylic acids is 4. The van der Waals surface area contributed by atoms with Gasteiger partial charge in [-0.15, -0.1) is 0 Å². The van der Waals surface area contributed by atoms with Crippen molar-refractivity contribution in [3.05, 3.63) is 64.7 Å². The van der Waals surface area contributed by atoms with Gasteiger partial charge in [-0.3, -0.25) is 24.1 Å². The van der Waals surface area contributed by atoms with E-state index in [9.17, 15) is 24.3 Å². The normalized spacial score (nSPS) is 32.4. The molecule has 5 aliphatic rings. The molecule has 6 atom stereocenters. The molecule has 2 saturated heterocycles. The van der Waals surface area contributed by atoms with Crippen molar-refractivity contribution in [1.29, 1.82) is 0 Å². The zero-order valence-corrected chi connectivity index (χ0v) is 25.0. The van der Waals surface area contributed by atoms with Crippen LogP contribution in [0.1, 0.15) is 63.4 Å². The number of phenols is 1. The van der Waals surface area contributed by atoms with Crippen LogP contribution in [0, 0.1) is 29.1 Å². The number of methoxy groups -OCH3 is 1. The van der Waals surface area contributed by atoms with Gasteiger partial charge >= 0.3 is 0 Å².